The quantitative estimate of drug-likeness (QED) is 0.830. The van der Waals surface area contributed by atoms with Gasteiger partial charge in [-0.05, 0) is 18.9 Å². The van der Waals surface area contributed by atoms with Crippen molar-refractivity contribution in [3.63, 3.8) is 0 Å². The van der Waals surface area contributed by atoms with Crippen LogP contribution in [-0.4, -0.2) is 69.4 Å². The molecule has 2 rings (SSSR count). The summed E-state index contributed by atoms with van der Waals surface area (Å²) in [4.78, 5) is 16.3. The van der Waals surface area contributed by atoms with Crippen molar-refractivity contribution in [1.82, 2.24) is 19.6 Å². The standard InChI is InChI=1S/C15H26N4O2/c1-3-14(20)12-17-6-8-18(9-7-17)15(21)4-5-19-11-13(2)10-16-19/h10-11,14,20H,3-9,12H2,1-2H3/t14-/m0/s1. The van der Waals surface area contributed by atoms with Crippen LogP contribution in [0.1, 0.15) is 25.3 Å². The molecule has 0 aromatic carbocycles. The number of hydrogen-bond donors (Lipinski definition) is 1. The van der Waals surface area contributed by atoms with E-state index >= 15 is 0 Å². The Hall–Kier alpha value is -1.40. The highest BCUT2D eigenvalue weighted by molar-refractivity contribution is 5.76. The topological polar surface area (TPSA) is 61.6 Å². The zero-order chi connectivity index (χ0) is 15.2. The molecule has 1 aromatic heterocycles. The summed E-state index contributed by atoms with van der Waals surface area (Å²) in [6.45, 7) is 8.55. The van der Waals surface area contributed by atoms with Gasteiger partial charge in [-0.25, -0.2) is 0 Å². The lowest BCUT2D eigenvalue weighted by atomic mass is 10.2. The summed E-state index contributed by atoms with van der Waals surface area (Å²) < 4.78 is 1.82. The number of amides is 1. The minimum Gasteiger partial charge on any atom is -0.392 e. The fourth-order valence-electron chi connectivity index (χ4n) is 2.56. The number of carbonyl (C=O) groups excluding carboxylic acids is 1. The number of nitrogens with zero attached hydrogens (tertiary/aromatic N) is 4. The number of carbonyl (C=O) groups is 1. The molecule has 6 nitrogen and oxygen atoms in total. The minimum atomic E-state index is -0.254. The molecule has 0 radical (unpaired) electrons. The van der Waals surface area contributed by atoms with Gasteiger partial charge in [0, 0.05) is 51.9 Å². The van der Waals surface area contributed by atoms with Crippen LogP contribution in [0, 0.1) is 6.92 Å². The molecule has 1 fully saturated rings. The van der Waals surface area contributed by atoms with E-state index < -0.39 is 0 Å². The summed E-state index contributed by atoms with van der Waals surface area (Å²) >= 11 is 0. The van der Waals surface area contributed by atoms with Crippen molar-refractivity contribution < 1.29 is 9.90 Å². The van der Waals surface area contributed by atoms with Crippen LogP contribution in [0.4, 0.5) is 0 Å². The number of aliphatic hydroxyl groups excluding tert-OH is 1. The fraction of sp³-hybridized carbons (Fsp3) is 0.733. The van der Waals surface area contributed by atoms with Gasteiger partial charge in [0.1, 0.15) is 0 Å². The van der Waals surface area contributed by atoms with Crippen LogP contribution in [-0.2, 0) is 11.3 Å². The molecule has 0 spiro atoms. The molecule has 6 heteroatoms. The molecule has 1 aromatic rings. The third-order valence-electron chi connectivity index (χ3n) is 3.98. The molecule has 1 atom stereocenters. The van der Waals surface area contributed by atoms with Crippen LogP contribution in [0.5, 0.6) is 0 Å². The molecule has 0 aliphatic carbocycles. The summed E-state index contributed by atoms with van der Waals surface area (Å²) in [5, 5.41) is 13.9. The maximum Gasteiger partial charge on any atom is 0.224 e. The lowest BCUT2D eigenvalue weighted by Gasteiger charge is -2.35. The van der Waals surface area contributed by atoms with Gasteiger partial charge < -0.3 is 10.0 Å². The van der Waals surface area contributed by atoms with E-state index in [9.17, 15) is 9.90 Å². The Bertz CT molecular complexity index is 452. The predicted molar refractivity (Wildman–Crippen MR) is 80.9 cm³/mol. The van der Waals surface area contributed by atoms with Gasteiger partial charge in [0.25, 0.3) is 0 Å². The number of aliphatic hydroxyl groups is 1. The zero-order valence-electron chi connectivity index (χ0n) is 13.0. The number of aryl methyl sites for hydroxylation is 2. The van der Waals surface area contributed by atoms with E-state index in [1.807, 2.05) is 35.8 Å². The first-order valence-corrected chi connectivity index (χ1v) is 7.75. The Kier molecular flexibility index (Phi) is 5.76. The number of piperazine rings is 1. The SMILES string of the molecule is CC[C@H](O)CN1CCN(C(=O)CCn2cc(C)cn2)CC1. The second-order valence-electron chi connectivity index (χ2n) is 5.77. The third kappa shape index (κ3) is 4.82. The molecule has 1 amide bonds. The van der Waals surface area contributed by atoms with Gasteiger partial charge in [0.15, 0.2) is 0 Å². The van der Waals surface area contributed by atoms with Gasteiger partial charge in [0.2, 0.25) is 5.91 Å². The summed E-state index contributed by atoms with van der Waals surface area (Å²) in [6, 6.07) is 0. The monoisotopic (exact) mass is 294 g/mol. The first kappa shape index (κ1) is 16.0. The molecule has 0 bridgehead atoms. The Morgan fingerprint density at radius 2 is 2.10 bits per heavy atom. The Balaban J connectivity index is 1.70. The summed E-state index contributed by atoms with van der Waals surface area (Å²) in [5.41, 5.74) is 1.12. The van der Waals surface area contributed by atoms with Crippen LogP contribution in [0.25, 0.3) is 0 Å². The lowest BCUT2D eigenvalue weighted by Crippen LogP contribution is -2.50. The zero-order valence-corrected chi connectivity index (χ0v) is 13.0. The predicted octanol–water partition coefficient (Wildman–Crippen LogP) is 0.497. The Labute approximate surface area is 126 Å². The number of β-amino-alcohol motifs (C(OH)–C–C–N with tert-alkyl or cyclic N) is 1. The molecule has 2 heterocycles. The van der Waals surface area contributed by atoms with E-state index in [2.05, 4.69) is 10.00 Å². The molecule has 1 aliphatic rings. The van der Waals surface area contributed by atoms with Crippen LogP contribution < -0.4 is 0 Å². The van der Waals surface area contributed by atoms with E-state index in [0.717, 1.165) is 38.2 Å². The molecule has 1 aliphatic heterocycles. The average molecular weight is 294 g/mol. The fourth-order valence-corrected chi connectivity index (χ4v) is 2.56. The van der Waals surface area contributed by atoms with Crippen molar-refractivity contribution in [1.29, 1.82) is 0 Å². The molecule has 0 unspecified atom stereocenters. The Morgan fingerprint density at radius 3 is 2.67 bits per heavy atom. The second kappa shape index (κ2) is 7.56. The second-order valence-corrected chi connectivity index (χ2v) is 5.77. The van der Waals surface area contributed by atoms with Crippen LogP contribution in [0.2, 0.25) is 0 Å². The largest absolute Gasteiger partial charge is 0.392 e. The van der Waals surface area contributed by atoms with Crippen LogP contribution in [0.15, 0.2) is 12.4 Å². The van der Waals surface area contributed by atoms with Crippen LogP contribution in [0.3, 0.4) is 0 Å². The van der Waals surface area contributed by atoms with E-state index in [1.54, 1.807) is 0 Å². The lowest BCUT2D eigenvalue weighted by molar-refractivity contribution is -0.133. The van der Waals surface area contributed by atoms with Gasteiger partial charge in [0.05, 0.1) is 12.3 Å². The summed E-state index contributed by atoms with van der Waals surface area (Å²) in [6.07, 6.45) is 4.79. The molecule has 21 heavy (non-hydrogen) atoms. The highest BCUT2D eigenvalue weighted by Gasteiger charge is 2.21. The summed E-state index contributed by atoms with van der Waals surface area (Å²) in [5.74, 6) is 0.193. The van der Waals surface area contributed by atoms with E-state index in [4.69, 9.17) is 0 Å². The highest BCUT2D eigenvalue weighted by atomic mass is 16.3. The van der Waals surface area contributed by atoms with Crippen molar-refractivity contribution >= 4 is 5.91 Å². The smallest absolute Gasteiger partial charge is 0.224 e. The van der Waals surface area contributed by atoms with Crippen molar-refractivity contribution in [2.75, 3.05) is 32.7 Å². The molecular weight excluding hydrogens is 268 g/mol. The van der Waals surface area contributed by atoms with Gasteiger partial charge in [-0.2, -0.15) is 5.10 Å². The van der Waals surface area contributed by atoms with E-state index in [-0.39, 0.29) is 12.0 Å². The molecule has 1 saturated heterocycles. The maximum absolute atomic E-state index is 12.2. The van der Waals surface area contributed by atoms with Crippen molar-refractivity contribution in [3.05, 3.63) is 18.0 Å². The number of rotatable bonds is 6. The average Bonchev–Trinajstić information content (AvgIpc) is 2.91. The highest BCUT2D eigenvalue weighted by Crippen LogP contribution is 2.06. The van der Waals surface area contributed by atoms with Crippen LogP contribution >= 0.6 is 0 Å². The molecule has 118 valence electrons. The third-order valence-corrected chi connectivity index (χ3v) is 3.98. The number of aromatic nitrogens is 2. The minimum absolute atomic E-state index is 0.193. The van der Waals surface area contributed by atoms with Crippen molar-refractivity contribution in [2.45, 2.75) is 39.3 Å². The normalized spacial score (nSPS) is 18.0. The number of hydrogen-bond acceptors (Lipinski definition) is 4. The van der Waals surface area contributed by atoms with Crippen molar-refractivity contribution in [3.8, 4) is 0 Å². The van der Waals surface area contributed by atoms with Crippen molar-refractivity contribution in [2.24, 2.45) is 0 Å². The molecular formula is C15H26N4O2. The van der Waals surface area contributed by atoms with E-state index in [0.29, 0.717) is 19.5 Å². The molecule has 0 saturated carbocycles. The van der Waals surface area contributed by atoms with Gasteiger partial charge >= 0.3 is 0 Å². The van der Waals surface area contributed by atoms with Gasteiger partial charge in [-0.15, -0.1) is 0 Å². The first-order chi connectivity index (χ1) is 10.1. The van der Waals surface area contributed by atoms with Gasteiger partial charge in [-0.1, -0.05) is 6.92 Å². The molecule has 1 N–H and O–H groups in total. The summed E-state index contributed by atoms with van der Waals surface area (Å²) in [7, 11) is 0. The first-order valence-electron chi connectivity index (χ1n) is 7.75. The maximum atomic E-state index is 12.2. The van der Waals surface area contributed by atoms with Gasteiger partial charge in [-0.3, -0.25) is 14.4 Å². The van der Waals surface area contributed by atoms with E-state index in [1.165, 1.54) is 0 Å². The Morgan fingerprint density at radius 1 is 1.38 bits per heavy atom.